The molecule has 0 saturated carbocycles. The second kappa shape index (κ2) is 12.7. The molecule has 41 heavy (non-hydrogen) atoms. The molecule has 2 aromatic carbocycles. The van der Waals surface area contributed by atoms with Gasteiger partial charge in [0.25, 0.3) is 0 Å². The number of benzene rings is 2. The van der Waals surface area contributed by atoms with E-state index in [4.69, 9.17) is 9.47 Å². The topological polar surface area (TPSA) is 79.3 Å². The molecule has 0 radical (unpaired) electrons. The normalized spacial score (nSPS) is 26.7. The maximum atomic E-state index is 13.5. The lowest BCUT2D eigenvalue weighted by molar-refractivity contribution is -0.135. The van der Waals surface area contributed by atoms with Gasteiger partial charge in [-0.3, -0.25) is 9.59 Å². The second-order valence-electron chi connectivity index (χ2n) is 12.7. The van der Waals surface area contributed by atoms with Crippen LogP contribution >= 0.6 is 0 Å². The first kappa shape index (κ1) is 29.8. The number of likely N-dealkylation sites (tertiary alicyclic amines) is 1. The summed E-state index contributed by atoms with van der Waals surface area (Å²) in [6.45, 7) is 8.65. The smallest absolute Gasteiger partial charge is 0.227 e. The van der Waals surface area contributed by atoms with Gasteiger partial charge >= 0.3 is 0 Å². The Bertz CT molecular complexity index is 1220. The number of nitrogens with zero attached hydrogens (tertiary/aromatic N) is 2. The summed E-state index contributed by atoms with van der Waals surface area (Å²) in [6, 6.07) is 16.8. The van der Waals surface area contributed by atoms with Crippen LogP contribution in [0.25, 0.3) is 0 Å². The van der Waals surface area contributed by atoms with Crippen molar-refractivity contribution in [3.63, 3.8) is 0 Å². The number of aliphatic hydroxyl groups is 1. The number of rotatable bonds is 10. The summed E-state index contributed by atoms with van der Waals surface area (Å²) >= 11 is 0. The Morgan fingerprint density at radius 3 is 2.56 bits per heavy atom. The lowest BCUT2D eigenvalue weighted by Crippen LogP contribution is -2.51. The van der Waals surface area contributed by atoms with Crippen LogP contribution in [0.1, 0.15) is 51.0 Å². The fourth-order valence-corrected chi connectivity index (χ4v) is 11.7. The Balaban J connectivity index is 1.35. The lowest BCUT2D eigenvalue weighted by atomic mass is 9.95. The van der Waals surface area contributed by atoms with Crippen LogP contribution in [0.3, 0.4) is 0 Å². The zero-order valence-corrected chi connectivity index (χ0v) is 26.1. The first-order chi connectivity index (χ1) is 19.7. The van der Waals surface area contributed by atoms with Crippen LogP contribution in [0.5, 0.6) is 5.75 Å². The van der Waals surface area contributed by atoms with E-state index in [1.807, 2.05) is 34.1 Å². The number of hydrogen-bond acceptors (Lipinski definition) is 5. The highest BCUT2D eigenvalue weighted by Crippen LogP contribution is 2.47. The Hall–Kier alpha value is -2.68. The summed E-state index contributed by atoms with van der Waals surface area (Å²) in [6.07, 6.45) is 5.35. The van der Waals surface area contributed by atoms with Crippen molar-refractivity contribution in [2.24, 2.45) is 5.92 Å². The predicted molar refractivity (Wildman–Crippen MR) is 164 cm³/mol. The molecule has 3 fully saturated rings. The number of ether oxygens (including phenoxy) is 2. The van der Waals surface area contributed by atoms with Crippen LogP contribution in [0.15, 0.2) is 48.5 Å². The van der Waals surface area contributed by atoms with E-state index < -0.39 is 8.07 Å². The fourth-order valence-electron chi connectivity index (χ4n) is 7.60. The van der Waals surface area contributed by atoms with Crippen LogP contribution in [0.2, 0.25) is 18.6 Å². The first-order valence-electron chi connectivity index (χ1n) is 15.3. The molecule has 5 rings (SSSR count). The average Bonchev–Trinajstić information content (AvgIpc) is 3.70. The number of carbonyl (C=O) groups excluding carboxylic acids is 2. The lowest BCUT2D eigenvalue weighted by Gasteiger charge is -2.36. The van der Waals surface area contributed by atoms with Crippen LogP contribution in [0, 0.1) is 5.92 Å². The van der Waals surface area contributed by atoms with E-state index in [0.29, 0.717) is 18.8 Å². The van der Waals surface area contributed by atoms with Gasteiger partial charge in [-0.05, 0) is 73.4 Å². The Labute approximate surface area is 245 Å². The molecule has 0 aliphatic carbocycles. The van der Waals surface area contributed by atoms with Crippen molar-refractivity contribution in [1.82, 2.24) is 4.90 Å². The minimum atomic E-state index is -2.07. The monoisotopic (exact) mass is 578 g/mol. The zero-order valence-electron chi connectivity index (χ0n) is 25.1. The number of anilines is 1. The summed E-state index contributed by atoms with van der Waals surface area (Å²) in [5.41, 5.74) is 2.47. The van der Waals surface area contributed by atoms with Gasteiger partial charge in [0.2, 0.25) is 11.8 Å². The molecule has 1 N–H and O–H groups in total. The third-order valence-electron chi connectivity index (χ3n) is 9.87. The molecule has 7 nitrogen and oxygen atoms in total. The van der Waals surface area contributed by atoms with E-state index in [9.17, 15) is 14.7 Å². The van der Waals surface area contributed by atoms with Crippen LogP contribution in [-0.4, -0.2) is 75.0 Å². The largest absolute Gasteiger partial charge is 0.497 e. The minimum absolute atomic E-state index is 0.0217. The van der Waals surface area contributed by atoms with Gasteiger partial charge in [-0.1, -0.05) is 49.5 Å². The summed E-state index contributed by atoms with van der Waals surface area (Å²) in [5.74, 6) is 1.46. The number of carbonyl (C=O) groups is 2. The maximum absolute atomic E-state index is 13.5. The first-order valence-corrected chi connectivity index (χ1v) is 18.4. The number of hydrogen-bond donors (Lipinski definition) is 1. The van der Waals surface area contributed by atoms with Gasteiger partial charge in [-0.15, -0.1) is 0 Å². The highest BCUT2D eigenvalue weighted by molar-refractivity contribution is 6.91. The minimum Gasteiger partial charge on any atom is -0.497 e. The SMILES string of the molecule is COc1ccc([Si](C)(C)[C@@H]2[C@@H](C)[C@@H](CCc3cccc(N4CCCC4=O)c3)O[C@H]2CC(=O)N2CCC[C@H]2CO)cc1. The molecule has 0 unspecified atom stereocenters. The van der Waals surface area contributed by atoms with Crippen molar-refractivity contribution in [3.05, 3.63) is 54.1 Å². The van der Waals surface area contributed by atoms with Gasteiger partial charge in [0.05, 0.1) is 46.5 Å². The second-order valence-corrected chi connectivity index (χ2v) is 17.4. The van der Waals surface area contributed by atoms with Crippen molar-refractivity contribution in [2.45, 2.75) is 88.8 Å². The zero-order chi connectivity index (χ0) is 29.1. The molecule has 8 heteroatoms. The molecular weight excluding hydrogens is 532 g/mol. The van der Waals surface area contributed by atoms with E-state index in [-0.39, 0.29) is 42.2 Å². The van der Waals surface area contributed by atoms with Crippen molar-refractivity contribution in [2.75, 3.05) is 31.7 Å². The van der Waals surface area contributed by atoms with Gasteiger partial charge < -0.3 is 24.4 Å². The van der Waals surface area contributed by atoms with E-state index in [2.05, 4.69) is 44.3 Å². The molecule has 3 aliphatic rings. The average molecular weight is 579 g/mol. The number of aryl methyl sites for hydroxylation is 1. The highest BCUT2D eigenvalue weighted by Gasteiger charge is 2.51. The fraction of sp³-hybridized carbons (Fsp3) is 0.576. The molecular formula is C33H46N2O5Si. The molecule has 3 saturated heterocycles. The third kappa shape index (κ3) is 6.25. The Morgan fingerprint density at radius 2 is 1.88 bits per heavy atom. The molecule has 5 atom stereocenters. The van der Waals surface area contributed by atoms with Gasteiger partial charge in [0.15, 0.2) is 0 Å². The van der Waals surface area contributed by atoms with E-state index in [0.717, 1.165) is 56.6 Å². The van der Waals surface area contributed by atoms with Gasteiger partial charge in [0, 0.05) is 25.2 Å². The van der Waals surface area contributed by atoms with Gasteiger partial charge in [-0.25, -0.2) is 0 Å². The predicted octanol–water partition coefficient (Wildman–Crippen LogP) is 4.52. The Kier molecular flexibility index (Phi) is 9.21. The molecule has 3 aliphatic heterocycles. The molecule has 3 heterocycles. The van der Waals surface area contributed by atoms with Crippen LogP contribution in [-0.2, 0) is 20.7 Å². The van der Waals surface area contributed by atoms with E-state index in [1.54, 1.807) is 7.11 Å². The van der Waals surface area contributed by atoms with Crippen LogP contribution in [0.4, 0.5) is 5.69 Å². The Morgan fingerprint density at radius 1 is 1.10 bits per heavy atom. The van der Waals surface area contributed by atoms with E-state index in [1.165, 1.54) is 10.8 Å². The summed E-state index contributed by atoms with van der Waals surface area (Å²) in [4.78, 5) is 29.6. The summed E-state index contributed by atoms with van der Waals surface area (Å²) < 4.78 is 12.3. The molecule has 0 aromatic heterocycles. The molecule has 0 bridgehead atoms. The van der Waals surface area contributed by atoms with Gasteiger partial charge in [-0.2, -0.15) is 0 Å². The maximum Gasteiger partial charge on any atom is 0.227 e. The number of aliphatic hydroxyl groups excluding tert-OH is 1. The third-order valence-corrected chi connectivity index (χ3v) is 14.3. The van der Waals surface area contributed by atoms with Crippen molar-refractivity contribution < 1.29 is 24.2 Å². The molecule has 2 aromatic rings. The van der Waals surface area contributed by atoms with Crippen molar-refractivity contribution in [1.29, 1.82) is 0 Å². The van der Waals surface area contributed by atoms with Crippen LogP contribution < -0.4 is 14.8 Å². The summed E-state index contributed by atoms with van der Waals surface area (Å²) in [7, 11) is -0.381. The molecule has 0 spiro atoms. The number of methoxy groups -OCH3 is 1. The van der Waals surface area contributed by atoms with Crippen molar-refractivity contribution in [3.8, 4) is 5.75 Å². The van der Waals surface area contributed by atoms with E-state index >= 15 is 0 Å². The summed E-state index contributed by atoms with van der Waals surface area (Å²) in [5, 5.41) is 11.2. The molecule has 222 valence electrons. The highest BCUT2D eigenvalue weighted by atomic mass is 28.3. The standard InChI is InChI=1S/C33H46N2O5Si/c1-23-29(17-12-24-8-5-9-25(20-24)34-19-7-11-31(34)37)40-30(21-32(38)35-18-6-10-26(35)22-36)33(23)41(3,4)28-15-13-27(39-2)14-16-28/h5,8-9,13-16,20,23,26,29-30,33,36H,6-7,10-12,17-19,21-22H2,1-4H3/t23-,26-,29+,30-,33+/m0/s1. The van der Waals surface area contributed by atoms with Crippen molar-refractivity contribution >= 4 is 30.8 Å². The molecule has 2 amide bonds. The quantitative estimate of drug-likeness (QED) is 0.420. The number of amides is 2. The van der Waals surface area contributed by atoms with Gasteiger partial charge in [0.1, 0.15) is 5.75 Å².